The Kier molecular flexibility index (Phi) is 6.32. The molecule has 96 valence electrons. The summed E-state index contributed by atoms with van der Waals surface area (Å²) in [7, 11) is 4.26. The van der Waals surface area contributed by atoms with Gasteiger partial charge in [-0.3, -0.25) is 0 Å². The van der Waals surface area contributed by atoms with Crippen molar-refractivity contribution in [2.75, 3.05) is 53.4 Å². The fraction of sp³-hybridized carbons (Fsp3) is 1.00. The molecule has 1 aliphatic heterocycles. The molecule has 0 aromatic carbocycles. The number of rotatable bonds is 7. The van der Waals surface area contributed by atoms with Crippen LogP contribution in [0.4, 0.5) is 0 Å². The quantitative estimate of drug-likeness (QED) is 0.658. The van der Waals surface area contributed by atoms with E-state index >= 15 is 0 Å². The second-order valence-electron chi connectivity index (χ2n) is 5.62. The highest BCUT2D eigenvalue weighted by Crippen LogP contribution is 2.21. The van der Waals surface area contributed by atoms with Gasteiger partial charge in [0.25, 0.3) is 0 Å². The largest absolute Gasteiger partial charge is 0.315 e. The SMILES string of the molecule is CC1CN(CCNCCCN(C)C)CC1C. The van der Waals surface area contributed by atoms with Crippen LogP contribution in [-0.4, -0.2) is 63.2 Å². The van der Waals surface area contributed by atoms with E-state index in [4.69, 9.17) is 0 Å². The van der Waals surface area contributed by atoms with Gasteiger partial charge in [-0.25, -0.2) is 0 Å². The smallest absolute Gasteiger partial charge is 0.0107 e. The Morgan fingerprint density at radius 2 is 1.75 bits per heavy atom. The highest BCUT2D eigenvalue weighted by Gasteiger charge is 2.24. The van der Waals surface area contributed by atoms with E-state index in [9.17, 15) is 0 Å². The minimum absolute atomic E-state index is 0.883. The van der Waals surface area contributed by atoms with Gasteiger partial charge in [-0.2, -0.15) is 0 Å². The van der Waals surface area contributed by atoms with Crippen LogP contribution in [0.25, 0.3) is 0 Å². The maximum Gasteiger partial charge on any atom is 0.0107 e. The summed E-state index contributed by atoms with van der Waals surface area (Å²) >= 11 is 0. The summed E-state index contributed by atoms with van der Waals surface area (Å²) < 4.78 is 0. The lowest BCUT2D eigenvalue weighted by Gasteiger charge is -2.16. The molecule has 2 unspecified atom stereocenters. The van der Waals surface area contributed by atoms with Gasteiger partial charge in [0.2, 0.25) is 0 Å². The zero-order valence-corrected chi connectivity index (χ0v) is 11.5. The van der Waals surface area contributed by atoms with Gasteiger partial charge in [-0.1, -0.05) is 13.8 Å². The van der Waals surface area contributed by atoms with Crippen molar-refractivity contribution in [3.8, 4) is 0 Å². The summed E-state index contributed by atoms with van der Waals surface area (Å²) in [6.45, 7) is 12.0. The second kappa shape index (κ2) is 7.25. The molecule has 0 aromatic rings. The molecule has 3 heteroatoms. The fourth-order valence-corrected chi connectivity index (χ4v) is 2.31. The van der Waals surface area contributed by atoms with E-state index in [1.54, 1.807) is 0 Å². The molecule has 0 amide bonds. The molecule has 3 nitrogen and oxygen atoms in total. The molecule has 1 saturated heterocycles. The summed E-state index contributed by atoms with van der Waals surface area (Å²) in [5, 5.41) is 3.53. The van der Waals surface area contributed by atoms with Crippen molar-refractivity contribution in [2.24, 2.45) is 11.8 Å². The topological polar surface area (TPSA) is 18.5 Å². The Morgan fingerprint density at radius 3 is 2.31 bits per heavy atom. The predicted octanol–water partition coefficient (Wildman–Crippen LogP) is 1.12. The van der Waals surface area contributed by atoms with E-state index in [2.05, 4.69) is 43.1 Å². The molecule has 0 radical (unpaired) electrons. The maximum atomic E-state index is 3.53. The standard InChI is InChI=1S/C13H29N3/c1-12-10-16(11-13(12)2)9-7-14-6-5-8-15(3)4/h12-14H,5-11H2,1-4H3. The lowest BCUT2D eigenvalue weighted by molar-refractivity contribution is 0.319. The first kappa shape index (κ1) is 13.9. The Morgan fingerprint density at radius 1 is 1.12 bits per heavy atom. The summed E-state index contributed by atoms with van der Waals surface area (Å²) in [5.41, 5.74) is 0. The monoisotopic (exact) mass is 227 g/mol. The first-order chi connectivity index (χ1) is 7.59. The highest BCUT2D eigenvalue weighted by molar-refractivity contribution is 4.78. The van der Waals surface area contributed by atoms with Gasteiger partial charge in [0.15, 0.2) is 0 Å². The third-order valence-electron chi connectivity index (χ3n) is 3.63. The molecule has 2 atom stereocenters. The fourth-order valence-electron chi connectivity index (χ4n) is 2.31. The van der Waals surface area contributed by atoms with Crippen molar-refractivity contribution in [3.63, 3.8) is 0 Å². The van der Waals surface area contributed by atoms with Crippen LogP contribution in [-0.2, 0) is 0 Å². The minimum Gasteiger partial charge on any atom is -0.315 e. The zero-order valence-electron chi connectivity index (χ0n) is 11.5. The lowest BCUT2D eigenvalue weighted by atomic mass is 10.0. The van der Waals surface area contributed by atoms with Gasteiger partial charge < -0.3 is 15.1 Å². The number of nitrogens with one attached hydrogen (secondary N) is 1. The zero-order chi connectivity index (χ0) is 12.0. The van der Waals surface area contributed by atoms with E-state index in [1.165, 1.54) is 32.6 Å². The second-order valence-corrected chi connectivity index (χ2v) is 5.62. The van der Waals surface area contributed by atoms with E-state index in [0.717, 1.165) is 24.9 Å². The third kappa shape index (κ3) is 5.28. The van der Waals surface area contributed by atoms with Gasteiger partial charge >= 0.3 is 0 Å². The first-order valence-electron chi connectivity index (χ1n) is 6.67. The number of hydrogen-bond acceptors (Lipinski definition) is 3. The molecule has 1 fully saturated rings. The Labute approximate surface area is 101 Å². The molecular formula is C13H29N3. The van der Waals surface area contributed by atoms with Crippen LogP contribution in [0.3, 0.4) is 0 Å². The van der Waals surface area contributed by atoms with Gasteiger partial charge in [-0.15, -0.1) is 0 Å². The Hall–Kier alpha value is -0.120. The summed E-state index contributed by atoms with van der Waals surface area (Å²) in [4.78, 5) is 4.83. The highest BCUT2D eigenvalue weighted by atomic mass is 15.2. The van der Waals surface area contributed by atoms with Crippen molar-refractivity contribution >= 4 is 0 Å². The van der Waals surface area contributed by atoms with Gasteiger partial charge in [0, 0.05) is 26.2 Å². The van der Waals surface area contributed by atoms with Crippen molar-refractivity contribution < 1.29 is 0 Å². The van der Waals surface area contributed by atoms with Gasteiger partial charge in [0.1, 0.15) is 0 Å². The van der Waals surface area contributed by atoms with Crippen LogP contribution < -0.4 is 5.32 Å². The van der Waals surface area contributed by atoms with Crippen LogP contribution in [0.15, 0.2) is 0 Å². The third-order valence-corrected chi connectivity index (χ3v) is 3.63. The number of likely N-dealkylation sites (tertiary alicyclic amines) is 1. The molecule has 0 saturated carbocycles. The molecule has 0 aliphatic carbocycles. The summed E-state index contributed by atoms with van der Waals surface area (Å²) in [5.74, 6) is 1.77. The molecule has 0 bridgehead atoms. The van der Waals surface area contributed by atoms with Gasteiger partial charge in [0.05, 0.1) is 0 Å². The molecule has 0 spiro atoms. The molecule has 16 heavy (non-hydrogen) atoms. The molecule has 1 N–H and O–H groups in total. The number of hydrogen-bond donors (Lipinski definition) is 1. The van der Waals surface area contributed by atoms with Gasteiger partial charge in [-0.05, 0) is 45.4 Å². The maximum absolute atomic E-state index is 3.53. The van der Waals surface area contributed by atoms with E-state index in [1.807, 2.05) is 0 Å². The number of nitrogens with zero attached hydrogens (tertiary/aromatic N) is 2. The van der Waals surface area contributed by atoms with Crippen LogP contribution in [0.1, 0.15) is 20.3 Å². The minimum atomic E-state index is 0.883. The van der Waals surface area contributed by atoms with Crippen LogP contribution in [0.5, 0.6) is 0 Å². The molecule has 0 aromatic heterocycles. The van der Waals surface area contributed by atoms with Crippen molar-refractivity contribution in [1.82, 2.24) is 15.1 Å². The normalized spacial score (nSPS) is 26.8. The summed E-state index contributed by atoms with van der Waals surface area (Å²) in [6.07, 6.45) is 1.25. The average molecular weight is 227 g/mol. The summed E-state index contributed by atoms with van der Waals surface area (Å²) in [6, 6.07) is 0. The lowest BCUT2D eigenvalue weighted by Crippen LogP contribution is -2.32. The first-order valence-corrected chi connectivity index (χ1v) is 6.67. The van der Waals surface area contributed by atoms with Crippen LogP contribution in [0.2, 0.25) is 0 Å². The Bertz CT molecular complexity index is 172. The average Bonchev–Trinajstić information content (AvgIpc) is 2.52. The van der Waals surface area contributed by atoms with E-state index < -0.39 is 0 Å². The molecule has 1 rings (SSSR count). The van der Waals surface area contributed by atoms with E-state index in [-0.39, 0.29) is 0 Å². The Balaban J connectivity index is 1.92. The molecular weight excluding hydrogens is 198 g/mol. The van der Waals surface area contributed by atoms with Crippen molar-refractivity contribution in [3.05, 3.63) is 0 Å². The molecule has 1 aliphatic rings. The predicted molar refractivity (Wildman–Crippen MR) is 70.8 cm³/mol. The van der Waals surface area contributed by atoms with Crippen LogP contribution >= 0.6 is 0 Å². The molecule has 1 heterocycles. The van der Waals surface area contributed by atoms with Crippen molar-refractivity contribution in [1.29, 1.82) is 0 Å². The van der Waals surface area contributed by atoms with Crippen LogP contribution in [0, 0.1) is 11.8 Å². The van der Waals surface area contributed by atoms with E-state index in [0.29, 0.717) is 0 Å². The van der Waals surface area contributed by atoms with Crippen molar-refractivity contribution in [2.45, 2.75) is 20.3 Å².